The molecule has 8 heteroatoms. The second kappa shape index (κ2) is 6.39. The van der Waals surface area contributed by atoms with Gasteiger partial charge in [-0.3, -0.25) is 10.1 Å². The first-order valence-corrected chi connectivity index (χ1v) is 5.25. The number of hydrogen-bond donors (Lipinski definition) is 2. The highest BCUT2D eigenvalue weighted by Crippen LogP contribution is 2.27. The quantitative estimate of drug-likeness (QED) is 0.482. The minimum absolute atomic E-state index is 0.122. The average Bonchev–Trinajstić information content (AvgIpc) is 2.47. The van der Waals surface area contributed by atoms with E-state index in [0.29, 0.717) is 11.4 Å². The normalized spacial score (nSPS) is 8.50. The van der Waals surface area contributed by atoms with E-state index < -0.39 is 4.92 Å². The highest BCUT2D eigenvalue weighted by atomic mass is 16.6. The summed E-state index contributed by atoms with van der Waals surface area (Å²) in [6.45, 7) is 0. The van der Waals surface area contributed by atoms with E-state index in [1.54, 1.807) is 25.3 Å². The second-order valence-corrected chi connectivity index (χ2v) is 3.45. The van der Waals surface area contributed by atoms with Crippen molar-refractivity contribution in [3.05, 3.63) is 39.6 Å². The van der Waals surface area contributed by atoms with Crippen LogP contribution < -0.4 is 10.6 Å². The molecule has 0 spiro atoms. The molecule has 0 radical (unpaired) electrons. The Balaban J connectivity index is 3.27. The first kappa shape index (κ1) is 14.5. The number of allylic oxidation sites excluding steroid dienone is 2. The molecule has 0 unspecified atom stereocenters. The van der Waals surface area contributed by atoms with E-state index in [1.165, 1.54) is 18.2 Å². The van der Waals surface area contributed by atoms with Gasteiger partial charge in [0.25, 0.3) is 5.69 Å². The van der Waals surface area contributed by atoms with Crippen LogP contribution in [0, 0.1) is 44.1 Å². The van der Waals surface area contributed by atoms with Crippen molar-refractivity contribution in [1.29, 1.82) is 15.8 Å². The van der Waals surface area contributed by atoms with Crippen molar-refractivity contribution in [2.45, 2.75) is 0 Å². The Hall–Kier alpha value is -3.57. The zero-order valence-electron chi connectivity index (χ0n) is 10.3. The molecule has 0 saturated carbocycles. The van der Waals surface area contributed by atoms with Crippen LogP contribution in [0.4, 0.5) is 17.1 Å². The molecule has 98 valence electrons. The minimum atomic E-state index is -0.554. The fourth-order valence-corrected chi connectivity index (χ4v) is 1.38. The number of non-ortho nitro benzene ring substituents is 1. The lowest BCUT2D eigenvalue weighted by molar-refractivity contribution is -0.384. The molecule has 0 bridgehead atoms. The first-order chi connectivity index (χ1) is 9.57. The summed E-state index contributed by atoms with van der Waals surface area (Å²) < 4.78 is 0. The van der Waals surface area contributed by atoms with Gasteiger partial charge in [-0.15, -0.1) is 0 Å². The minimum Gasteiger partial charge on any atom is -0.386 e. The number of benzene rings is 1. The van der Waals surface area contributed by atoms with E-state index in [1.807, 2.05) is 0 Å². The van der Waals surface area contributed by atoms with Crippen LogP contribution in [-0.4, -0.2) is 12.0 Å². The Morgan fingerprint density at radius 2 is 1.85 bits per heavy atom. The van der Waals surface area contributed by atoms with Crippen molar-refractivity contribution < 1.29 is 4.92 Å². The summed E-state index contributed by atoms with van der Waals surface area (Å²) in [7, 11) is 1.55. The summed E-state index contributed by atoms with van der Waals surface area (Å²) in [6.07, 6.45) is 0. The lowest BCUT2D eigenvalue weighted by atomic mass is 10.2. The van der Waals surface area contributed by atoms with Crippen LogP contribution in [-0.2, 0) is 0 Å². The molecular weight excluding hydrogens is 260 g/mol. The fraction of sp³-hybridized carbons (Fsp3) is 0.0833. The monoisotopic (exact) mass is 268 g/mol. The van der Waals surface area contributed by atoms with E-state index in [-0.39, 0.29) is 17.0 Å². The van der Waals surface area contributed by atoms with Crippen LogP contribution in [0.1, 0.15) is 0 Å². The largest absolute Gasteiger partial charge is 0.386 e. The third kappa shape index (κ3) is 3.00. The molecule has 0 aliphatic carbocycles. The second-order valence-electron chi connectivity index (χ2n) is 3.45. The van der Waals surface area contributed by atoms with Crippen LogP contribution in [0.15, 0.2) is 29.5 Å². The van der Waals surface area contributed by atoms with Gasteiger partial charge < -0.3 is 10.6 Å². The Morgan fingerprint density at radius 1 is 1.20 bits per heavy atom. The number of anilines is 2. The lowest BCUT2D eigenvalue weighted by Gasteiger charge is -2.10. The summed E-state index contributed by atoms with van der Waals surface area (Å²) in [6, 6.07) is 8.80. The van der Waals surface area contributed by atoms with Crippen LogP contribution in [0.3, 0.4) is 0 Å². The summed E-state index contributed by atoms with van der Waals surface area (Å²) in [5.74, 6) is 0. The molecule has 2 N–H and O–H groups in total. The van der Waals surface area contributed by atoms with Crippen LogP contribution in [0.2, 0.25) is 0 Å². The Bertz CT molecular complexity index is 686. The van der Waals surface area contributed by atoms with Gasteiger partial charge >= 0.3 is 0 Å². The van der Waals surface area contributed by atoms with Crippen molar-refractivity contribution in [3.63, 3.8) is 0 Å². The molecule has 0 atom stereocenters. The smallest absolute Gasteiger partial charge is 0.271 e. The number of nitriles is 3. The number of hydrogen-bond acceptors (Lipinski definition) is 7. The zero-order valence-corrected chi connectivity index (χ0v) is 10.3. The van der Waals surface area contributed by atoms with Crippen LogP contribution in [0.25, 0.3) is 0 Å². The van der Waals surface area contributed by atoms with E-state index >= 15 is 0 Å². The maximum atomic E-state index is 10.7. The van der Waals surface area contributed by atoms with E-state index in [9.17, 15) is 10.1 Å². The van der Waals surface area contributed by atoms with Crippen molar-refractivity contribution in [2.24, 2.45) is 0 Å². The SMILES string of the molecule is CNc1cc([N+](=O)[O-])ccc1NC(C#N)=C(C#N)C#N. The van der Waals surface area contributed by atoms with Gasteiger partial charge in [0.2, 0.25) is 0 Å². The summed E-state index contributed by atoms with van der Waals surface area (Å²) in [4.78, 5) is 10.1. The third-order valence-electron chi connectivity index (χ3n) is 2.33. The van der Waals surface area contributed by atoms with Crippen molar-refractivity contribution in [2.75, 3.05) is 17.7 Å². The molecular formula is C12H8N6O2. The van der Waals surface area contributed by atoms with Crippen LogP contribution in [0.5, 0.6) is 0 Å². The number of nitro benzene ring substituents is 1. The lowest BCUT2D eigenvalue weighted by Crippen LogP contribution is -2.04. The Morgan fingerprint density at radius 3 is 2.30 bits per heavy atom. The Labute approximate surface area is 114 Å². The number of rotatable bonds is 4. The van der Waals surface area contributed by atoms with E-state index in [2.05, 4.69) is 10.6 Å². The molecule has 1 aromatic carbocycles. The van der Waals surface area contributed by atoms with Crippen molar-refractivity contribution in [1.82, 2.24) is 0 Å². The molecule has 8 nitrogen and oxygen atoms in total. The molecule has 20 heavy (non-hydrogen) atoms. The molecule has 0 aromatic heterocycles. The molecule has 0 saturated heterocycles. The highest BCUT2D eigenvalue weighted by Gasteiger charge is 2.12. The topological polar surface area (TPSA) is 139 Å². The van der Waals surface area contributed by atoms with E-state index in [4.69, 9.17) is 15.8 Å². The predicted molar refractivity (Wildman–Crippen MR) is 70.1 cm³/mol. The molecule has 0 heterocycles. The molecule has 0 amide bonds. The number of nitrogens with one attached hydrogen (secondary N) is 2. The fourth-order valence-electron chi connectivity index (χ4n) is 1.38. The van der Waals surface area contributed by atoms with Crippen molar-refractivity contribution in [3.8, 4) is 18.2 Å². The van der Waals surface area contributed by atoms with Gasteiger partial charge in [-0.05, 0) is 6.07 Å². The van der Waals surface area contributed by atoms with Gasteiger partial charge in [0, 0.05) is 19.2 Å². The van der Waals surface area contributed by atoms with Gasteiger partial charge in [0.1, 0.15) is 23.9 Å². The first-order valence-electron chi connectivity index (χ1n) is 5.25. The number of nitro groups is 1. The standard InChI is InChI=1S/C12H8N6O2/c1-16-11-4-9(18(19)20)2-3-10(11)17-12(7-15)8(5-13)6-14/h2-4,16-17H,1H3. The maximum Gasteiger partial charge on any atom is 0.271 e. The van der Waals surface area contributed by atoms with Gasteiger partial charge in [0.15, 0.2) is 5.57 Å². The molecule has 1 rings (SSSR count). The van der Waals surface area contributed by atoms with Gasteiger partial charge in [-0.2, -0.15) is 15.8 Å². The molecule has 0 fully saturated rings. The van der Waals surface area contributed by atoms with E-state index in [0.717, 1.165) is 0 Å². The van der Waals surface area contributed by atoms with Crippen molar-refractivity contribution >= 4 is 17.1 Å². The molecule has 0 aliphatic heterocycles. The molecule has 1 aromatic rings. The highest BCUT2D eigenvalue weighted by molar-refractivity contribution is 5.75. The maximum absolute atomic E-state index is 10.7. The average molecular weight is 268 g/mol. The Kier molecular flexibility index (Phi) is 4.63. The van der Waals surface area contributed by atoms with Gasteiger partial charge in [0.05, 0.1) is 16.3 Å². The zero-order chi connectivity index (χ0) is 15.1. The predicted octanol–water partition coefficient (Wildman–Crippen LogP) is 1.87. The summed E-state index contributed by atoms with van der Waals surface area (Å²) in [5.41, 5.74) is -0.00346. The van der Waals surface area contributed by atoms with Crippen LogP contribution >= 0.6 is 0 Å². The van der Waals surface area contributed by atoms with Gasteiger partial charge in [-0.25, -0.2) is 0 Å². The number of nitrogens with zero attached hydrogens (tertiary/aromatic N) is 4. The summed E-state index contributed by atoms with van der Waals surface area (Å²) >= 11 is 0. The van der Waals surface area contributed by atoms with Gasteiger partial charge in [-0.1, -0.05) is 0 Å². The third-order valence-corrected chi connectivity index (χ3v) is 2.33. The molecule has 0 aliphatic rings. The summed E-state index contributed by atoms with van der Waals surface area (Å²) in [5, 5.41) is 42.4.